The number of aliphatic hydroxyl groups is 1. The maximum Gasteiger partial charge on any atom is 0.180 e. The molecule has 0 bridgehead atoms. The molecule has 1 aliphatic rings. The van der Waals surface area contributed by atoms with Crippen LogP contribution in [0.3, 0.4) is 0 Å². The summed E-state index contributed by atoms with van der Waals surface area (Å²) in [6, 6.07) is 0.136. The maximum absolute atomic E-state index is 9.73. The van der Waals surface area contributed by atoms with Crippen LogP contribution in [0, 0.1) is 0 Å². The number of hydrogen-bond donors (Lipinski definition) is 2. The highest BCUT2D eigenvalue weighted by Gasteiger charge is 2.24. The molecule has 2 N–H and O–H groups in total. The van der Waals surface area contributed by atoms with Crippen molar-refractivity contribution in [2.24, 2.45) is 0 Å². The van der Waals surface area contributed by atoms with Gasteiger partial charge in [0.25, 0.3) is 0 Å². The predicted octanol–water partition coefficient (Wildman–Crippen LogP) is 1.90. The maximum atomic E-state index is 9.73. The Labute approximate surface area is 124 Å². The summed E-state index contributed by atoms with van der Waals surface area (Å²) in [7, 11) is 0. The molecule has 2 aromatic heterocycles. The molecule has 3 rings (SSSR count). The minimum absolute atomic E-state index is 0.136. The number of imidazole rings is 1. The van der Waals surface area contributed by atoms with Crippen LogP contribution >= 0.6 is 0 Å². The minimum atomic E-state index is 0.136. The molecule has 1 saturated heterocycles. The van der Waals surface area contributed by atoms with Crippen LogP contribution in [0.15, 0.2) is 18.6 Å². The Morgan fingerprint density at radius 3 is 3.10 bits per heavy atom. The predicted molar refractivity (Wildman–Crippen MR) is 83.8 cm³/mol. The van der Waals surface area contributed by atoms with Gasteiger partial charge in [-0.2, -0.15) is 0 Å². The van der Waals surface area contributed by atoms with Crippen LogP contribution in [0.25, 0.3) is 5.65 Å². The number of nitrogens with zero attached hydrogens (tertiary/aromatic N) is 4. The first-order chi connectivity index (χ1) is 10.3. The number of fused-ring (bicyclic) bond motifs is 1. The summed E-state index contributed by atoms with van der Waals surface area (Å²) in [5.74, 6) is 1.72. The van der Waals surface area contributed by atoms with E-state index < -0.39 is 0 Å². The van der Waals surface area contributed by atoms with Crippen molar-refractivity contribution >= 4 is 17.3 Å². The largest absolute Gasteiger partial charge is 0.394 e. The van der Waals surface area contributed by atoms with Crippen molar-refractivity contribution in [3.63, 3.8) is 0 Å². The van der Waals surface area contributed by atoms with E-state index in [9.17, 15) is 5.11 Å². The first kappa shape index (κ1) is 14.1. The zero-order valence-corrected chi connectivity index (χ0v) is 12.5. The second-order valence-corrected chi connectivity index (χ2v) is 5.52. The molecule has 1 aliphatic heterocycles. The lowest BCUT2D eigenvalue weighted by molar-refractivity contribution is 0.254. The summed E-state index contributed by atoms with van der Waals surface area (Å²) in [5, 5.41) is 13.0. The van der Waals surface area contributed by atoms with Crippen molar-refractivity contribution in [3.05, 3.63) is 18.6 Å². The number of aliphatic hydroxyl groups excluding tert-OH is 1. The number of aromatic nitrogens is 3. The number of rotatable bonds is 4. The van der Waals surface area contributed by atoms with E-state index in [1.807, 2.05) is 16.8 Å². The van der Waals surface area contributed by atoms with Gasteiger partial charge in [-0.25, -0.2) is 9.97 Å². The Hall–Kier alpha value is -1.82. The van der Waals surface area contributed by atoms with E-state index in [-0.39, 0.29) is 12.6 Å². The van der Waals surface area contributed by atoms with Gasteiger partial charge in [0.15, 0.2) is 11.5 Å². The highest BCUT2D eigenvalue weighted by atomic mass is 16.3. The smallest absolute Gasteiger partial charge is 0.180 e. The van der Waals surface area contributed by atoms with Crippen LogP contribution in [0.2, 0.25) is 0 Å². The summed E-state index contributed by atoms with van der Waals surface area (Å²) in [6.45, 7) is 3.98. The lowest BCUT2D eigenvalue weighted by Gasteiger charge is -2.30. The van der Waals surface area contributed by atoms with E-state index in [4.69, 9.17) is 4.98 Å². The molecule has 0 aromatic carbocycles. The van der Waals surface area contributed by atoms with Crippen molar-refractivity contribution < 1.29 is 5.11 Å². The molecule has 1 atom stereocenters. The second kappa shape index (κ2) is 6.30. The number of hydrogen-bond acceptors (Lipinski definition) is 5. The lowest BCUT2D eigenvalue weighted by atomic mass is 10.1. The van der Waals surface area contributed by atoms with Gasteiger partial charge in [0, 0.05) is 25.5 Å². The van der Waals surface area contributed by atoms with Crippen LogP contribution in [-0.4, -0.2) is 45.2 Å². The molecule has 2 aromatic rings. The van der Waals surface area contributed by atoms with Crippen LogP contribution in [0.1, 0.15) is 32.6 Å². The van der Waals surface area contributed by atoms with Crippen molar-refractivity contribution in [1.29, 1.82) is 0 Å². The van der Waals surface area contributed by atoms with Gasteiger partial charge in [0.05, 0.1) is 18.8 Å². The third kappa shape index (κ3) is 2.81. The fourth-order valence-corrected chi connectivity index (χ4v) is 3.02. The van der Waals surface area contributed by atoms with Crippen molar-refractivity contribution in [2.75, 3.05) is 29.9 Å². The normalized spacial score (nSPS) is 19.7. The molecular formula is C15H23N5O. The molecule has 1 fully saturated rings. The Bertz CT molecular complexity index is 597. The topological polar surface area (TPSA) is 65.7 Å². The van der Waals surface area contributed by atoms with Gasteiger partial charge in [-0.05, 0) is 19.8 Å². The highest BCUT2D eigenvalue weighted by Crippen LogP contribution is 2.27. The molecule has 0 aliphatic carbocycles. The van der Waals surface area contributed by atoms with Crippen molar-refractivity contribution in [1.82, 2.24) is 14.4 Å². The lowest BCUT2D eigenvalue weighted by Crippen LogP contribution is -2.38. The quantitative estimate of drug-likeness (QED) is 0.900. The van der Waals surface area contributed by atoms with Gasteiger partial charge in [0.1, 0.15) is 5.82 Å². The minimum Gasteiger partial charge on any atom is -0.394 e. The molecule has 114 valence electrons. The van der Waals surface area contributed by atoms with Gasteiger partial charge in [-0.15, -0.1) is 0 Å². The highest BCUT2D eigenvalue weighted by molar-refractivity contribution is 5.67. The molecule has 6 heteroatoms. The van der Waals surface area contributed by atoms with Gasteiger partial charge in [-0.1, -0.05) is 12.8 Å². The summed E-state index contributed by atoms with van der Waals surface area (Å²) in [4.78, 5) is 11.4. The average Bonchev–Trinajstić information content (AvgIpc) is 2.83. The first-order valence-electron chi connectivity index (χ1n) is 7.78. The van der Waals surface area contributed by atoms with Gasteiger partial charge in [0.2, 0.25) is 0 Å². The molecule has 1 unspecified atom stereocenters. The first-order valence-corrected chi connectivity index (χ1v) is 7.78. The van der Waals surface area contributed by atoms with Crippen LogP contribution in [0.4, 0.5) is 11.6 Å². The van der Waals surface area contributed by atoms with Gasteiger partial charge < -0.3 is 19.7 Å². The van der Waals surface area contributed by atoms with E-state index in [1.165, 1.54) is 12.8 Å². The Morgan fingerprint density at radius 1 is 1.38 bits per heavy atom. The SMILES string of the molecule is CCNc1cn2ccnc2c(N2CCCCCC2CO)n1. The molecule has 0 saturated carbocycles. The Morgan fingerprint density at radius 2 is 2.29 bits per heavy atom. The zero-order valence-electron chi connectivity index (χ0n) is 12.5. The summed E-state index contributed by atoms with van der Waals surface area (Å²) < 4.78 is 2.00. The molecule has 21 heavy (non-hydrogen) atoms. The third-order valence-electron chi connectivity index (χ3n) is 4.07. The van der Waals surface area contributed by atoms with Crippen molar-refractivity contribution in [3.8, 4) is 0 Å². The molecular weight excluding hydrogens is 266 g/mol. The summed E-state index contributed by atoms with van der Waals surface area (Å²) in [5.41, 5.74) is 0.858. The number of anilines is 2. The van der Waals surface area contributed by atoms with Crippen LogP contribution in [-0.2, 0) is 0 Å². The molecule has 0 radical (unpaired) electrons. The van der Waals surface area contributed by atoms with E-state index in [0.29, 0.717) is 0 Å². The molecule has 0 amide bonds. The van der Waals surface area contributed by atoms with E-state index in [1.54, 1.807) is 6.20 Å². The fraction of sp³-hybridized carbons (Fsp3) is 0.600. The fourth-order valence-electron chi connectivity index (χ4n) is 3.02. The van der Waals surface area contributed by atoms with Gasteiger partial charge in [-0.3, -0.25) is 0 Å². The Kier molecular flexibility index (Phi) is 4.24. The molecule has 6 nitrogen and oxygen atoms in total. The monoisotopic (exact) mass is 289 g/mol. The van der Waals surface area contributed by atoms with Gasteiger partial charge >= 0.3 is 0 Å². The van der Waals surface area contributed by atoms with E-state index in [2.05, 4.69) is 22.1 Å². The molecule has 3 heterocycles. The Balaban J connectivity index is 2.05. The van der Waals surface area contributed by atoms with Crippen LogP contribution in [0.5, 0.6) is 0 Å². The van der Waals surface area contributed by atoms with Crippen LogP contribution < -0.4 is 10.2 Å². The van der Waals surface area contributed by atoms with Crippen molar-refractivity contribution in [2.45, 2.75) is 38.6 Å². The standard InChI is InChI=1S/C15H23N5O/c1-2-16-13-10-19-9-7-17-14(19)15(18-13)20-8-5-3-4-6-12(20)11-21/h7,9-10,12,16,21H,2-6,8,11H2,1H3. The number of nitrogens with one attached hydrogen (secondary N) is 1. The zero-order chi connectivity index (χ0) is 14.7. The van der Waals surface area contributed by atoms with E-state index >= 15 is 0 Å². The summed E-state index contributed by atoms with van der Waals surface area (Å²) in [6.07, 6.45) is 10.2. The molecule has 0 spiro atoms. The summed E-state index contributed by atoms with van der Waals surface area (Å²) >= 11 is 0. The third-order valence-corrected chi connectivity index (χ3v) is 4.07. The average molecular weight is 289 g/mol. The second-order valence-electron chi connectivity index (χ2n) is 5.52. The van der Waals surface area contributed by atoms with E-state index in [0.717, 1.165) is 43.2 Å².